The zero-order valence-electron chi connectivity index (χ0n) is 24.7. The maximum atomic E-state index is 13.6. The molecule has 2 aromatic rings. The lowest BCUT2D eigenvalue weighted by molar-refractivity contribution is -0.143. The lowest BCUT2D eigenvalue weighted by Crippen LogP contribution is -2.45. The first-order valence-corrected chi connectivity index (χ1v) is 14.4. The minimum atomic E-state index is -5.06. The number of amides is 3. The number of alkyl halides is 6. The van der Waals surface area contributed by atoms with E-state index in [-0.39, 0.29) is 42.6 Å². The molecule has 0 bridgehead atoms. The third kappa shape index (κ3) is 9.36. The molecule has 242 valence electrons. The van der Waals surface area contributed by atoms with Crippen LogP contribution in [-0.4, -0.2) is 40.5 Å². The quantitative estimate of drug-likeness (QED) is 0.232. The van der Waals surface area contributed by atoms with Gasteiger partial charge in [-0.25, -0.2) is 4.79 Å². The minimum absolute atomic E-state index is 0.00353. The van der Waals surface area contributed by atoms with Gasteiger partial charge in [-0.15, -0.1) is 0 Å². The highest BCUT2D eigenvalue weighted by Crippen LogP contribution is 2.42. The van der Waals surface area contributed by atoms with Crippen LogP contribution in [0.1, 0.15) is 86.3 Å². The monoisotopic (exact) mass is 629 g/mol. The number of anilines is 1. The van der Waals surface area contributed by atoms with Crippen LogP contribution in [0, 0.1) is 11.3 Å². The van der Waals surface area contributed by atoms with Crippen molar-refractivity contribution in [2.24, 2.45) is 11.3 Å². The van der Waals surface area contributed by atoms with Crippen molar-refractivity contribution in [2.75, 3.05) is 11.9 Å². The van der Waals surface area contributed by atoms with E-state index in [2.05, 4.69) is 31.4 Å². The van der Waals surface area contributed by atoms with E-state index in [0.29, 0.717) is 36.5 Å². The summed E-state index contributed by atoms with van der Waals surface area (Å²) in [5.41, 5.74) is -2.79. The molecule has 1 aliphatic rings. The Morgan fingerprint density at radius 1 is 0.886 bits per heavy atom. The van der Waals surface area contributed by atoms with Crippen LogP contribution in [0.2, 0.25) is 0 Å². The van der Waals surface area contributed by atoms with Crippen LogP contribution in [0.4, 0.5) is 36.8 Å². The Bertz CT molecular complexity index is 1280. The van der Waals surface area contributed by atoms with Crippen LogP contribution in [-0.2, 0) is 23.7 Å². The highest BCUT2D eigenvalue weighted by molar-refractivity contribution is 5.94. The third-order valence-electron chi connectivity index (χ3n) is 8.45. The average molecular weight is 630 g/mol. The van der Waals surface area contributed by atoms with Crippen molar-refractivity contribution in [2.45, 2.75) is 84.2 Å². The smallest absolute Gasteiger partial charge is 0.416 e. The van der Waals surface area contributed by atoms with Crippen LogP contribution in [0.5, 0.6) is 0 Å². The molecular weight excluding hydrogens is 592 g/mol. The number of rotatable bonds is 10. The Kier molecular flexibility index (Phi) is 11.0. The largest absolute Gasteiger partial charge is 0.481 e. The summed E-state index contributed by atoms with van der Waals surface area (Å²) in [6.45, 7) is 6.38. The number of halogens is 6. The van der Waals surface area contributed by atoms with Gasteiger partial charge in [0.2, 0.25) is 0 Å². The molecule has 0 radical (unpaired) electrons. The van der Waals surface area contributed by atoms with Gasteiger partial charge in [-0.3, -0.25) is 9.59 Å². The molecule has 3 rings (SSSR count). The van der Waals surface area contributed by atoms with Crippen molar-refractivity contribution in [1.82, 2.24) is 10.2 Å². The fraction of sp³-hybridized carbons (Fsp3) is 0.516. The number of carboxylic acids is 1. The van der Waals surface area contributed by atoms with E-state index >= 15 is 0 Å². The molecule has 1 fully saturated rings. The highest BCUT2D eigenvalue weighted by atomic mass is 19.4. The number of carboxylic acid groups (broad SMARTS) is 1. The Morgan fingerprint density at radius 3 is 1.91 bits per heavy atom. The molecule has 1 aliphatic carbocycles. The van der Waals surface area contributed by atoms with Crippen LogP contribution in [0.15, 0.2) is 42.5 Å². The molecule has 1 saturated carbocycles. The van der Waals surface area contributed by atoms with E-state index in [1.807, 2.05) is 0 Å². The molecule has 0 unspecified atom stereocenters. The summed E-state index contributed by atoms with van der Waals surface area (Å²) in [6.07, 6.45) is -6.62. The van der Waals surface area contributed by atoms with Gasteiger partial charge < -0.3 is 20.6 Å². The predicted octanol–water partition coefficient (Wildman–Crippen LogP) is 7.96. The van der Waals surface area contributed by atoms with E-state index in [1.54, 1.807) is 12.1 Å². The Hall–Kier alpha value is -3.77. The predicted molar refractivity (Wildman–Crippen MR) is 152 cm³/mol. The molecule has 3 N–H and O–H groups in total. The van der Waals surface area contributed by atoms with Crippen molar-refractivity contribution >= 4 is 23.6 Å². The number of nitrogens with one attached hydrogen (secondary N) is 2. The summed E-state index contributed by atoms with van der Waals surface area (Å²) in [5.74, 6) is -1.16. The molecule has 7 nitrogen and oxygen atoms in total. The lowest BCUT2D eigenvalue weighted by atomic mass is 9.68. The first-order valence-electron chi connectivity index (χ1n) is 14.4. The average Bonchev–Trinajstić information content (AvgIpc) is 2.95. The Balaban J connectivity index is 1.86. The van der Waals surface area contributed by atoms with Crippen molar-refractivity contribution < 1.29 is 45.8 Å². The maximum absolute atomic E-state index is 13.6. The molecule has 0 spiro atoms. The lowest BCUT2D eigenvalue weighted by Gasteiger charge is -2.42. The summed E-state index contributed by atoms with van der Waals surface area (Å²) < 4.78 is 80.5. The fourth-order valence-electron chi connectivity index (χ4n) is 5.39. The summed E-state index contributed by atoms with van der Waals surface area (Å²) in [7, 11) is 0. The number of carbonyl (C=O) groups excluding carboxylic acids is 2. The number of hydrogen-bond acceptors (Lipinski definition) is 3. The Morgan fingerprint density at radius 2 is 1.43 bits per heavy atom. The van der Waals surface area contributed by atoms with Gasteiger partial charge in [0.05, 0.1) is 17.5 Å². The maximum Gasteiger partial charge on any atom is 0.416 e. The number of carbonyl (C=O) groups is 3. The van der Waals surface area contributed by atoms with Crippen LogP contribution in [0.3, 0.4) is 0 Å². The molecule has 0 heterocycles. The molecular formula is C31H37F6N3O4. The van der Waals surface area contributed by atoms with Gasteiger partial charge in [-0.05, 0) is 72.9 Å². The second-order valence-corrected chi connectivity index (χ2v) is 11.8. The zero-order valence-corrected chi connectivity index (χ0v) is 24.7. The summed E-state index contributed by atoms with van der Waals surface area (Å²) >= 11 is 0. The molecule has 0 aliphatic heterocycles. The third-order valence-corrected chi connectivity index (χ3v) is 8.45. The van der Waals surface area contributed by atoms with E-state index < -0.39 is 47.1 Å². The van der Waals surface area contributed by atoms with Gasteiger partial charge in [-0.1, -0.05) is 39.3 Å². The number of nitrogens with zero attached hydrogens (tertiary/aromatic N) is 1. The fourth-order valence-corrected chi connectivity index (χ4v) is 5.39. The summed E-state index contributed by atoms with van der Waals surface area (Å²) in [6, 6.07) is 5.94. The first kappa shape index (κ1) is 34.7. The molecule has 0 aromatic heterocycles. The van der Waals surface area contributed by atoms with E-state index in [9.17, 15) is 40.7 Å². The number of aliphatic carboxylic acids is 1. The van der Waals surface area contributed by atoms with Gasteiger partial charge >= 0.3 is 24.4 Å². The first-order chi connectivity index (χ1) is 20.4. The van der Waals surface area contributed by atoms with Crippen molar-refractivity contribution in [3.63, 3.8) is 0 Å². The molecule has 44 heavy (non-hydrogen) atoms. The number of benzene rings is 2. The summed E-state index contributed by atoms with van der Waals surface area (Å²) in [4.78, 5) is 38.0. The molecule has 13 heteroatoms. The van der Waals surface area contributed by atoms with Gasteiger partial charge in [0.15, 0.2) is 0 Å². The molecule has 2 aromatic carbocycles. The number of hydrogen-bond donors (Lipinski definition) is 3. The van der Waals surface area contributed by atoms with Crippen LogP contribution < -0.4 is 10.6 Å². The zero-order chi connectivity index (χ0) is 32.9. The summed E-state index contributed by atoms with van der Waals surface area (Å²) in [5, 5.41) is 13.5. The van der Waals surface area contributed by atoms with E-state index in [1.165, 1.54) is 17.0 Å². The van der Waals surface area contributed by atoms with Crippen LogP contribution in [0.25, 0.3) is 0 Å². The highest BCUT2D eigenvalue weighted by Gasteiger charge is 2.38. The SMILES string of the molecule is CCC(C)(C)C1CCC(N(Cc2ccc(C(=O)NCCC(=O)O)cc2)C(=O)Nc2cc(C(F)(F)F)cc(C(F)(F)F)c2)CC1. The topological polar surface area (TPSA) is 98.7 Å². The molecule has 0 atom stereocenters. The van der Waals surface area contributed by atoms with Crippen molar-refractivity contribution in [3.05, 3.63) is 64.7 Å². The van der Waals surface area contributed by atoms with Crippen LogP contribution >= 0.6 is 0 Å². The normalized spacial score (nSPS) is 17.6. The van der Waals surface area contributed by atoms with Gasteiger partial charge in [0.1, 0.15) is 0 Å². The second-order valence-electron chi connectivity index (χ2n) is 11.8. The van der Waals surface area contributed by atoms with Gasteiger partial charge in [-0.2, -0.15) is 26.3 Å². The molecule has 3 amide bonds. The second kappa shape index (κ2) is 13.9. The van der Waals surface area contributed by atoms with Gasteiger partial charge in [0, 0.05) is 30.4 Å². The van der Waals surface area contributed by atoms with Crippen molar-refractivity contribution in [3.8, 4) is 0 Å². The standard InChI is InChI=1S/C31H37F6N3O4/c1-4-29(2,3)21-9-11-25(12-10-21)40(18-19-5-7-20(8-6-19)27(43)38-14-13-26(41)42)28(44)39-24-16-22(30(32,33)34)15-23(17-24)31(35,36)37/h5-8,15-17,21,25H,4,9-14,18H2,1-3H3,(H,38,43)(H,39,44)(H,41,42). The van der Waals surface area contributed by atoms with E-state index in [4.69, 9.17) is 5.11 Å². The Labute approximate surface area is 252 Å². The number of urea groups is 1. The van der Waals surface area contributed by atoms with Gasteiger partial charge in [0.25, 0.3) is 5.91 Å². The minimum Gasteiger partial charge on any atom is -0.481 e. The molecule has 0 saturated heterocycles. The van der Waals surface area contributed by atoms with E-state index in [0.717, 1.165) is 19.3 Å². The van der Waals surface area contributed by atoms with Crippen molar-refractivity contribution in [1.29, 1.82) is 0 Å².